The van der Waals surface area contributed by atoms with Crippen LogP contribution in [0.15, 0.2) is 12.7 Å². The van der Waals surface area contributed by atoms with E-state index in [1.54, 1.807) is 0 Å². The van der Waals surface area contributed by atoms with E-state index in [0.717, 1.165) is 18.3 Å². The first-order valence-electron chi connectivity index (χ1n) is 6.44. The van der Waals surface area contributed by atoms with Crippen LogP contribution in [0, 0.1) is 11.8 Å². The van der Waals surface area contributed by atoms with Crippen molar-refractivity contribution in [1.82, 2.24) is 10.2 Å². The van der Waals surface area contributed by atoms with E-state index in [-0.39, 0.29) is 12.4 Å². The van der Waals surface area contributed by atoms with Crippen LogP contribution in [0.5, 0.6) is 0 Å². The molecule has 2 aliphatic heterocycles. The van der Waals surface area contributed by atoms with Gasteiger partial charge in [-0.15, -0.1) is 19.0 Å². The fraction of sp³-hybridized carbons (Fsp3) is 0.846. The number of halogens is 1. The van der Waals surface area contributed by atoms with Gasteiger partial charge in [0.1, 0.15) is 0 Å². The Labute approximate surface area is 106 Å². The van der Waals surface area contributed by atoms with Crippen LogP contribution in [0.4, 0.5) is 0 Å². The van der Waals surface area contributed by atoms with Crippen LogP contribution < -0.4 is 5.32 Å². The molecule has 0 bridgehead atoms. The minimum Gasteiger partial charge on any atom is -0.316 e. The maximum atomic E-state index is 3.79. The Kier molecular flexibility index (Phi) is 6.40. The summed E-state index contributed by atoms with van der Waals surface area (Å²) in [5, 5.41) is 3.49. The number of nitrogens with zero attached hydrogens (tertiary/aromatic N) is 1. The molecule has 1 N–H and O–H groups in total. The Balaban J connectivity index is 0.00000128. The summed E-state index contributed by atoms with van der Waals surface area (Å²) in [7, 11) is 0. The van der Waals surface area contributed by atoms with E-state index in [4.69, 9.17) is 0 Å². The molecule has 0 spiro atoms. The second-order valence-corrected chi connectivity index (χ2v) is 5.01. The number of hydrogen-bond acceptors (Lipinski definition) is 2. The first kappa shape index (κ1) is 14.0. The second kappa shape index (κ2) is 7.31. The van der Waals surface area contributed by atoms with Gasteiger partial charge in [0.05, 0.1) is 0 Å². The van der Waals surface area contributed by atoms with E-state index < -0.39 is 0 Å². The zero-order chi connectivity index (χ0) is 10.5. The fourth-order valence-electron chi connectivity index (χ4n) is 3.00. The van der Waals surface area contributed by atoms with Crippen molar-refractivity contribution in [3.05, 3.63) is 12.7 Å². The highest BCUT2D eigenvalue weighted by Gasteiger charge is 2.27. The molecule has 2 nitrogen and oxygen atoms in total. The average molecular weight is 245 g/mol. The van der Waals surface area contributed by atoms with Gasteiger partial charge in [-0.05, 0) is 63.7 Å². The van der Waals surface area contributed by atoms with E-state index in [9.17, 15) is 0 Å². The standard InChI is InChI=1S/C13H24N2.ClH/c1-2-3-8-15-9-5-12(6-10-15)13-4-7-14-11-13;/h2,12-14H,1,3-11H2;1H. The number of piperidine rings is 1. The maximum absolute atomic E-state index is 3.79. The molecule has 1 unspecified atom stereocenters. The minimum absolute atomic E-state index is 0. The Hall–Kier alpha value is -0.0500. The van der Waals surface area contributed by atoms with Crippen molar-refractivity contribution >= 4 is 12.4 Å². The van der Waals surface area contributed by atoms with Gasteiger partial charge in [0.25, 0.3) is 0 Å². The monoisotopic (exact) mass is 244 g/mol. The van der Waals surface area contributed by atoms with Gasteiger partial charge in [-0.2, -0.15) is 0 Å². The summed E-state index contributed by atoms with van der Waals surface area (Å²) in [6.45, 7) is 10.2. The molecule has 0 saturated carbocycles. The molecule has 0 amide bonds. The molecule has 94 valence electrons. The molecule has 0 aromatic carbocycles. The summed E-state index contributed by atoms with van der Waals surface area (Å²) in [6, 6.07) is 0. The Morgan fingerprint density at radius 3 is 2.50 bits per heavy atom. The quantitative estimate of drug-likeness (QED) is 0.764. The van der Waals surface area contributed by atoms with E-state index in [2.05, 4.69) is 16.8 Å². The number of hydrogen-bond donors (Lipinski definition) is 1. The third-order valence-electron chi connectivity index (χ3n) is 4.05. The van der Waals surface area contributed by atoms with Gasteiger partial charge in [-0.25, -0.2) is 0 Å². The van der Waals surface area contributed by atoms with E-state index >= 15 is 0 Å². The SMILES string of the molecule is C=CCCN1CCC(C2CCNC2)CC1.Cl. The molecular weight excluding hydrogens is 220 g/mol. The summed E-state index contributed by atoms with van der Waals surface area (Å²) >= 11 is 0. The van der Waals surface area contributed by atoms with Gasteiger partial charge in [0.2, 0.25) is 0 Å². The molecule has 16 heavy (non-hydrogen) atoms. The van der Waals surface area contributed by atoms with Crippen LogP contribution in [-0.2, 0) is 0 Å². The highest BCUT2D eigenvalue weighted by Crippen LogP contribution is 2.28. The Bertz CT molecular complexity index is 194. The molecule has 0 radical (unpaired) electrons. The summed E-state index contributed by atoms with van der Waals surface area (Å²) in [4.78, 5) is 2.60. The molecule has 2 fully saturated rings. The summed E-state index contributed by atoms with van der Waals surface area (Å²) in [5.41, 5.74) is 0. The first-order chi connectivity index (χ1) is 7.40. The van der Waals surface area contributed by atoms with Gasteiger partial charge < -0.3 is 10.2 Å². The predicted octanol–water partition coefficient (Wildman–Crippen LogP) is 2.31. The molecule has 0 aromatic heterocycles. The summed E-state index contributed by atoms with van der Waals surface area (Å²) in [6.07, 6.45) is 7.44. The van der Waals surface area contributed by atoms with Crippen LogP contribution in [-0.4, -0.2) is 37.6 Å². The molecule has 1 atom stereocenters. The van der Waals surface area contributed by atoms with Crippen molar-refractivity contribution in [3.8, 4) is 0 Å². The predicted molar refractivity (Wildman–Crippen MR) is 72.2 cm³/mol. The van der Waals surface area contributed by atoms with Crippen molar-refractivity contribution in [3.63, 3.8) is 0 Å². The van der Waals surface area contributed by atoms with Gasteiger partial charge >= 0.3 is 0 Å². The van der Waals surface area contributed by atoms with Gasteiger partial charge in [0, 0.05) is 6.54 Å². The maximum Gasteiger partial charge on any atom is 0.00158 e. The molecule has 0 aliphatic carbocycles. The molecule has 2 aliphatic rings. The molecule has 2 rings (SSSR count). The smallest absolute Gasteiger partial charge is 0.00158 e. The lowest BCUT2D eigenvalue weighted by atomic mass is 9.84. The number of nitrogens with one attached hydrogen (secondary N) is 1. The van der Waals surface area contributed by atoms with Crippen molar-refractivity contribution in [2.75, 3.05) is 32.7 Å². The molecular formula is C13H25ClN2. The van der Waals surface area contributed by atoms with Crippen molar-refractivity contribution in [2.45, 2.75) is 25.7 Å². The highest BCUT2D eigenvalue weighted by molar-refractivity contribution is 5.85. The third-order valence-corrected chi connectivity index (χ3v) is 4.05. The lowest BCUT2D eigenvalue weighted by molar-refractivity contribution is 0.154. The lowest BCUT2D eigenvalue weighted by Crippen LogP contribution is -2.37. The van der Waals surface area contributed by atoms with Crippen molar-refractivity contribution in [2.24, 2.45) is 11.8 Å². The Morgan fingerprint density at radius 2 is 1.94 bits per heavy atom. The van der Waals surface area contributed by atoms with Gasteiger partial charge in [-0.3, -0.25) is 0 Å². The van der Waals surface area contributed by atoms with Crippen LogP contribution in [0.3, 0.4) is 0 Å². The average Bonchev–Trinajstić information content (AvgIpc) is 2.80. The second-order valence-electron chi connectivity index (χ2n) is 5.01. The van der Waals surface area contributed by atoms with Crippen LogP contribution in [0.25, 0.3) is 0 Å². The highest BCUT2D eigenvalue weighted by atomic mass is 35.5. The van der Waals surface area contributed by atoms with E-state index in [0.29, 0.717) is 0 Å². The molecule has 3 heteroatoms. The molecule has 2 heterocycles. The van der Waals surface area contributed by atoms with E-state index in [1.165, 1.54) is 52.0 Å². The summed E-state index contributed by atoms with van der Waals surface area (Å²) < 4.78 is 0. The van der Waals surface area contributed by atoms with Gasteiger partial charge in [0.15, 0.2) is 0 Å². The normalized spacial score (nSPS) is 27.6. The Morgan fingerprint density at radius 1 is 1.19 bits per heavy atom. The van der Waals surface area contributed by atoms with Crippen molar-refractivity contribution in [1.29, 1.82) is 0 Å². The molecule has 2 saturated heterocycles. The lowest BCUT2D eigenvalue weighted by Gasteiger charge is -2.34. The zero-order valence-corrected chi connectivity index (χ0v) is 11.0. The van der Waals surface area contributed by atoms with Crippen molar-refractivity contribution < 1.29 is 0 Å². The largest absolute Gasteiger partial charge is 0.316 e. The summed E-state index contributed by atoms with van der Waals surface area (Å²) in [5.74, 6) is 1.98. The third kappa shape index (κ3) is 3.76. The first-order valence-corrected chi connectivity index (χ1v) is 6.44. The van der Waals surface area contributed by atoms with E-state index in [1.807, 2.05) is 6.08 Å². The zero-order valence-electron chi connectivity index (χ0n) is 10.2. The van der Waals surface area contributed by atoms with Crippen LogP contribution in [0.2, 0.25) is 0 Å². The minimum atomic E-state index is 0. The number of likely N-dealkylation sites (tertiary alicyclic amines) is 1. The fourth-order valence-corrected chi connectivity index (χ4v) is 3.00. The molecule has 0 aromatic rings. The number of rotatable bonds is 4. The van der Waals surface area contributed by atoms with Crippen LogP contribution in [0.1, 0.15) is 25.7 Å². The van der Waals surface area contributed by atoms with Gasteiger partial charge in [-0.1, -0.05) is 6.08 Å². The topological polar surface area (TPSA) is 15.3 Å². The van der Waals surface area contributed by atoms with Crippen LogP contribution >= 0.6 is 12.4 Å².